The lowest BCUT2D eigenvalue weighted by atomic mass is 9.94. The van der Waals surface area contributed by atoms with E-state index in [-0.39, 0.29) is 11.9 Å². The number of ether oxygens (including phenoxy) is 2. The quantitative estimate of drug-likeness (QED) is 0.359. The van der Waals surface area contributed by atoms with Gasteiger partial charge in [-0.1, -0.05) is 43.0 Å². The van der Waals surface area contributed by atoms with Crippen LogP contribution in [-0.2, 0) is 11.4 Å². The third-order valence-electron chi connectivity index (χ3n) is 5.68. The first-order valence-corrected chi connectivity index (χ1v) is 12.1. The van der Waals surface area contributed by atoms with E-state index in [2.05, 4.69) is 21.2 Å². The van der Waals surface area contributed by atoms with E-state index in [9.17, 15) is 4.79 Å². The molecule has 1 amide bonds. The van der Waals surface area contributed by atoms with Crippen molar-refractivity contribution in [2.24, 2.45) is 0 Å². The Hall–Kier alpha value is -2.09. The van der Waals surface area contributed by atoms with Crippen molar-refractivity contribution in [3.05, 3.63) is 62.7 Å². The van der Waals surface area contributed by atoms with Crippen molar-refractivity contribution in [3.8, 4) is 11.5 Å². The van der Waals surface area contributed by atoms with Crippen LogP contribution in [0.3, 0.4) is 0 Å². The van der Waals surface area contributed by atoms with E-state index in [1.165, 1.54) is 6.42 Å². The van der Waals surface area contributed by atoms with Gasteiger partial charge in [0, 0.05) is 11.1 Å². The third-order valence-corrected chi connectivity index (χ3v) is 6.81. The van der Waals surface area contributed by atoms with Crippen LogP contribution < -0.4 is 14.8 Å². The fourth-order valence-electron chi connectivity index (χ4n) is 4.13. The number of rotatable bonds is 6. The molecule has 5 nitrogen and oxygen atoms in total. The lowest BCUT2D eigenvalue weighted by Gasteiger charge is -2.29. The van der Waals surface area contributed by atoms with Crippen LogP contribution in [0.5, 0.6) is 11.5 Å². The molecule has 1 saturated heterocycles. The predicted octanol–water partition coefficient (Wildman–Crippen LogP) is 6.08. The Kier molecular flexibility index (Phi) is 7.38. The molecule has 32 heavy (non-hydrogen) atoms. The van der Waals surface area contributed by atoms with E-state index in [4.69, 9.17) is 33.3 Å². The minimum Gasteiger partial charge on any atom is -0.493 e. The smallest absolute Gasteiger partial charge is 0.276 e. The minimum atomic E-state index is -0.0710. The second-order valence-electron chi connectivity index (χ2n) is 7.91. The number of nitrogens with zero attached hydrogens (tertiary/aromatic N) is 1. The molecule has 0 atom stereocenters. The van der Waals surface area contributed by atoms with Crippen molar-refractivity contribution in [3.63, 3.8) is 0 Å². The fourth-order valence-corrected chi connectivity index (χ4v) is 5.26. The second kappa shape index (κ2) is 10.2. The Morgan fingerprint density at radius 3 is 2.75 bits per heavy atom. The molecule has 1 aliphatic carbocycles. The van der Waals surface area contributed by atoms with Crippen LogP contribution in [0.15, 0.2) is 46.6 Å². The number of halogens is 2. The van der Waals surface area contributed by atoms with Crippen LogP contribution >= 0.6 is 39.7 Å². The summed E-state index contributed by atoms with van der Waals surface area (Å²) in [6.07, 6.45) is 7.29. The summed E-state index contributed by atoms with van der Waals surface area (Å²) in [5.74, 6) is 1.07. The van der Waals surface area contributed by atoms with E-state index >= 15 is 0 Å². The number of methoxy groups -OCH3 is 1. The Bertz CT molecular complexity index is 1070. The minimum absolute atomic E-state index is 0.0710. The summed E-state index contributed by atoms with van der Waals surface area (Å²) >= 11 is 15.1. The van der Waals surface area contributed by atoms with E-state index in [0.717, 1.165) is 41.3 Å². The molecule has 0 radical (unpaired) electrons. The van der Waals surface area contributed by atoms with Crippen LogP contribution in [-0.4, -0.2) is 29.1 Å². The van der Waals surface area contributed by atoms with Gasteiger partial charge in [-0.3, -0.25) is 9.69 Å². The van der Waals surface area contributed by atoms with Crippen molar-refractivity contribution >= 4 is 56.8 Å². The Labute approximate surface area is 206 Å². The van der Waals surface area contributed by atoms with Gasteiger partial charge < -0.3 is 14.8 Å². The summed E-state index contributed by atoms with van der Waals surface area (Å²) in [5.41, 5.74) is 2.23. The van der Waals surface area contributed by atoms with Crippen molar-refractivity contribution in [1.29, 1.82) is 0 Å². The highest BCUT2D eigenvalue weighted by atomic mass is 79.9. The summed E-state index contributed by atoms with van der Waals surface area (Å²) in [6, 6.07) is 11.4. The highest BCUT2D eigenvalue weighted by molar-refractivity contribution is 9.10. The zero-order chi connectivity index (χ0) is 22.7. The summed E-state index contributed by atoms with van der Waals surface area (Å²) in [5, 5.41) is 4.24. The van der Waals surface area contributed by atoms with Gasteiger partial charge in [-0.15, -0.1) is 0 Å². The van der Waals surface area contributed by atoms with E-state index < -0.39 is 0 Å². The van der Waals surface area contributed by atoms with Crippen molar-refractivity contribution in [2.45, 2.75) is 44.8 Å². The number of hydrogen-bond donors (Lipinski definition) is 1. The molecule has 2 aromatic rings. The van der Waals surface area contributed by atoms with Gasteiger partial charge in [0.25, 0.3) is 5.91 Å². The van der Waals surface area contributed by atoms with Gasteiger partial charge in [0.05, 0.1) is 11.6 Å². The molecule has 168 valence electrons. The lowest BCUT2D eigenvalue weighted by Crippen LogP contribution is -2.41. The Morgan fingerprint density at radius 1 is 1.25 bits per heavy atom. The molecule has 0 aromatic heterocycles. The van der Waals surface area contributed by atoms with Crippen LogP contribution in [0.2, 0.25) is 5.02 Å². The van der Waals surface area contributed by atoms with Crippen LogP contribution in [0.1, 0.15) is 43.2 Å². The van der Waals surface area contributed by atoms with Gasteiger partial charge in [-0.05, 0) is 82.5 Å². The normalized spacial score (nSPS) is 18.2. The number of nitrogens with one attached hydrogen (secondary N) is 1. The molecule has 1 saturated carbocycles. The van der Waals surface area contributed by atoms with Crippen molar-refractivity contribution in [2.75, 3.05) is 7.11 Å². The molecular formula is C24H24BrClN2O3S. The van der Waals surface area contributed by atoms with E-state index in [0.29, 0.717) is 33.9 Å². The number of carbonyl (C=O) groups is 1. The molecule has 0 spiro atoms. The Morgan fingerprint density at radius 2 is 2.03 bits per heavy atom. The number of hydrogen-bond acceptors (Lipinski definition) is 4. The van der Waals surface area contributed by atoms with Crippen molar-refractivity contribution in [1.82, 2.24) is 10.2 Å². The summed E-state index contributed by atoms with van der Waals surface area (Å²) < 4.78 is 12.3. The van der Waals surface area contributed by atoms with Crippen LogP contribution in [0, 0.1) is 0 Å². The largest absolute Gasteiger partial charge is 0.493 e. The first-order chi connectivity index (χ1) is 15.5. The number of carbonyl (C=O) groups excluding carboxylic acids is 1. The van der Waals surface area contributed by atoms with Gasteiger partial charge in [0.15, 0.2) is 16.6 Å². The molecule has 1 N–H and O–H groups in total. The van der Waals surface area contributed by atoms with Gasteiger partial charge in [0.2, 0.25) is 0 Å². The molecule has 2 aliphatic rings. The molecule has 8 heteroatoms. The summed E-state index contributed by atoms with van der Waals surface area (Å²) in [7, 11) is 1.59. The number of benzene rings is 2. The highest BCUT2D eigenvalue weighted by Gasteiger charge is 2.36. The first-order valence-electron chi connectivity index (χ1n) is 10.6. The average Bonchev–Trinajstić information content (AvgIpc) is 3.06. The maximum atomic E-state index is 13.0. The van der Waals surface area contributed by atoms with E-state index in [1.807, 2.05) is 36.4 Å². The zero-order valence-electron chi connectivity index (χ0n) is 17.7. The maximum absolute atomic E-state index is 13.0. The molecule has 0 bridgehead atoms. The molecule has 1 heterocycles. The zero-order valence-corrected chi connectivity index (χ0v) is 20.9. The second-order valence-corrected chi connectivity index (χ2v) is 9.59. The van der Waals surface area contributed by atoms with Gasteiger partial charge >= 0.3 is 0 Å². The third kappa shape index (κ3) is 5.11. The molecular weight excluding hydrogens is 512 g/mol. The number of thiocarbonyl (C=S) groups is 1. The van der Waals surface area contributed by atoms with Gasteiger partial charge in [-0.25, -0.2) is 0 Å². The predicted molar refractivity (Wildman–Crippen MR) is 134 cm³/mol. The SMILES string of the molecule is COc1cc(/C=C2\NC(=S)N(C3CCCCC3)C2=O)cc(Br)c1OCc1cccc(Cl)c1. The lowest BCUT2D eigenvalue weighted by molar-refractivity contribution is -0.124. The van der Waals surface area contributed by atoms with Crippen LogP contribution in [0.4, 0.5) is 0 Å². The average molecular weight is 536 g/mol. The highest BCUT2D eigenvalue weighted by Crippen LogP contribution is 2.38. The molecule has 1 aliphatic heterocycles. The maximum Gasteiger partial charge on any atom is 0.276 e. The monoisotopic (exact) mass is 534 g/mol. The Balaban J connectivity index is 1.54. The van der Waals surface area contributed by atoms with Crippen molar-refractivity contribution < 1.29 is 14.3 Å². The summed E-state index contributed by atoms with van der Waals surface area (Å²) in [6.45, 7) is 0.348. The van der Waals surface area contributed by atoms with Gasteiger partial charge in [0.1, 0.15) is 12.3 Å². The molecule has 4 rings (SSSR count). The first kappa shape index (κ1) is 23.1. The topological polar surface area (TPSA) is 50.8 Å². The molecule has 0 unspecified atom stereocenters. The summed E-state index contributed by atoms with van der Waals surface area (Å²) in [4.78, 5) is 14.8. The molecule has 2 fully saturated rings. The van der Waals surface area contributed by atoms with E-state index in [1.54, 1.807) is 18.1 Å². The standard InChI is InChI=1S/C24H24BrClN2O3S/c1-30-21-13-16(11-19(25)22(21)31-14-15-6-5-7-17(26)10-15)12-20-23(29)28(24(32)27-20)18-8-3-2-4-9-18/h5-7,10-13,18H,2-4,8-9,14H2,1H3,(H,27,32)/b20-12-. The number of amides is 1. The van der Waals surface area contributed by atoms with Crippen LogP contribution in [0.25, 0.3) is 6.08 Å². The molecule has 2 aromatic carbocycles. The van der Waals surface area contributed by atoms with Gasteiger partial charge in [-0.2, -0.15) is 0 Å². The fraction of sp³-hybridized carbons (Fsp3) is 0.333.